The summed E-state index contributed by atoms with van der Waals surface area (Å²) in [4.78, 5) is 24.6. The summed E-state index contributed by atoms with van der Waals surface area (Å²) < 4.78 is 4.42. The van der Waals surface area contributed by atoms with Crippen molar-refractivity contribution in [2.24, 2.45) is 0 Å². The first-order chi connectivity index (χ1) is 9.56. The fourth-order valence-electron chi connectivity index (χ4n) is 1.58. The average molecular weight is 279 g/mol. The summed E-state index contributed by atoms with van der Waals surface area (Å²) in [7, 11) is 3.27. The van der Waals surface area contributed by atoms with Gasteiger partial charge in [0.2, 0.25) is 5.91 Å². The van der Waals surface area contributed by atoms with Gasteiger partial charge < -0.3 is 20.3 Å². The molecule has 1 aromatic rings. The van der Waals surface area contributed by atoms with Gasteiger partial charge in [-0.05, 0) is 25.1 Å². The van der Waals surface area contributed by atoms with Crippen molar-refractivity contribution in [1.29, 1.82) is 0 Å². The molecule has 1 rings (SSSR count). The van der Waals surface area contributed by atoms with Crippen LogP contribution in [0.1, 0.15) is 13.3 Å². The molecular formula is C14H21N3O3. The number of methoxy groups -OCH3 is 1. The lowest BCUT2D eigenvalue weighted by atomic mass is 10.2. The minimum atomic E-state index is -0.538. The number of benzene rings is 1. The van der Waals surface area contributed by atoms with Crippen molar-refractivity contribution < 1.29 is 14.3 Å². The van der Waals surface area contributed by atoms with Crippen LogP contribution in [0.15, 0.2) is 24.3 Å². The molecule has 0 unspecified atom stereocenters. The van der Waals surface area contributed by atoms with Gasteiger partial charge >= 0.3 is 6.09 Å². The monoisotopic (exact) mass is 279 g/mol. The Hall–Kier alpha value is -2.24. The van der Waals surface area contributed by atoms with Gasteiger partial charge in [0, 0.05) is 37.9 Å². The van der Waals surface area contributed by atoms with Gasteiger partial charge in [0.25, 0.3) is 0 Å². The Bertz CT molecular complexity index is 463. The molecule has 0 heterocycles. The first kappa shape index (κ1) is 15.8. The largest absolute Gasteiger partial charge is 0.453 e. The van der Waals surface area contributed by atoms with Gasteiger partial charge in [-0.25, -0.2) is 4.79 Å². The molecule has 1 aromatic carbocycles. The first-order valence-corrected chi connectivity index (χ1v) is 6.49. The molecule has 2 N–H and O–H groups in total. The lowest BCUT2D eigenvalue weighted by molar-refractivity contribution is -0.116. The van der Waals surface area contributed by atoms with E-state index in [2.05, 4.69) is 27.2 Å². The zero-order chi connectivity index (χ0) is 15.0. The number of hydrogen-bond donors (Lipinski definition) is 2. The molecule has 20 heavy (non-hydrogen) atoms. The molecule has 0 bridgehead atoms. The van der Waals surface area contributed by atoms with Crippen LogP contribution >= 0.6 is 0 Å². The Balaban J connectivity index is 2.47. The lowest BCUT2D eigenvalue weighted by Crippen LogP contribution is -2.27. The second-order valence-corrected chi connectivity index (χ2v) is 4.28. The van der Waals surface area contributed by atoms with E-state index in [9.17, 15) is 9.59 Å². The van der Waals surface area contributed by atoms with E-state index in [1.54, 1.807) is 0 Å². The maximum Gasteiger partial charge on any atom is 0.406 e. The Morgan fingerprint density at radius 2 is 2.10 bits per heavy atom. The number of carbonyl (C=O) groups excluding carboxylic acids is 2. The average Bonchev–Trinajstić information content (AvgIpc) is 2.46. The Labute approximate surface area is 119 Å². The zero-order valence-electron chi connectivity index (χ0n) is 12.1. The molecular weight excluding hydrogens is 258 g/mol. The van der Waals surface area contributed by atoms with Crippen LogP contribution in [0.3, 0.4) is 0 Å². The Morgan fingerprint density at radius 1 is 1.35 bits per heavy atom. The van der Waals surface area contributed by atoms with Crippen LogP contribution in [0.2, 0.25) is 0 Å². The third-order valence-electron chi connectivity index (χ3n) is 2.85. The molecule has 2 amide bonds. The molecule has 110 valence electrons. The highest BCUT2D eigenvalue weighted by atomic mass is 16.5. The van der Waals surface area contributed by atoms with Crippen LogP contribution in [0.4, 0.5) is 16.2 Å². The molecule has 0 spiro atoms. The lowest BCUT2D eigenvalue weighted by Gasteiger charge is -2.17. The number of hydrogen-bond acceptors (Lipinski definition) is 4. The quantitative estimate of drug-likeness (QED) is 0.833. The molecule has 0 fully saturated rings. The highest BCUT2D eigenvalue weighted by Gasteiger charge is 2.05. The maximum atomic E-state index is 11.7. The number of rotatable bonds is 6. The van der Waals surface area contributed by atoms with E-state index in [4.69, 9.17) is 0 Å². The van der Waals surface area contributed by atoms with Crippen molar-refractivity contribution in [3.05, 3.63) is 24.3 Å². The summed E-state index contributed by atoms with van der Waals surface area (Å²) in [5.74, 6) is -0.155. The second kappa shape index (κ2) is 8.04. The topological polar surface area (TPSA) is 70.7 Å². The van der Waals surface area contributed by atoms with Crippen LogP contribution < -0.4 is 15.5 Å². The summed E-state index contributed by atoms with van der Waals surface area (Å²) in [6.07, 6.45) is -0.340. The molecule has 0 aliphatic heterocycles. The third-order valence-corrected chi connectivity index (χ3v) is 2.85. The fraction of sp³-hybridized carbons (Fsp3) is 0.429. The zero-order valence-corrected chi connectivity index (χ0v) is 12.1. The Kier molecular flexibility index (Phi) is 6.36. The summed E-state index contributed by atoms with van der Waals surface area (Å²) in [6, 6.07) is 7.62. The van der Waals surface area contributed by atoms with Crippen molar-refractivity contribution in [2.75, 3.05) is 37.5 Å². The predicted molar refractivity (Wildman–Crippen MR) is 79.0 cm³/mol. The van der Waals surface area contributed by atoms with E-state index in [-0.39, 0.29) is 18.9 Å². The standard InChI is InChI=1S/C14H21N3O3/c1-4-17(2)12-7-5-6-11(10-12)16-13(18)8-9-15-14(19)20-3/h5-7,10H,4,8-9H2,1-3H3,(H,15,19)(H,16,18). The van der Waals surface area contributed by atoms with E-state index in [1.807, 2.05) is 31.3 Å². The highest BCUT2D eigenvalue weighted by Crippen LogP contribution is 2.18. The summed E-state index contributed by atoms with van der Waals surface area (Å²) in [5, 5.41) is 5.25. The van der Waals surface area contributed by atoms with Gasteiger partial charge in [0.1, 0.15) is 0 Å². The molecule has 0 atom stereocenters. The summed E-state index contributed by atoms with van der Waals surface area (Å²) in [5.41, 5.74) is 1.78. The van der Waals surface area contributed by atoms with Gasteiger partial charge in [0.15, 0.2) is 0 Å². The van der Waals surface area contributed by atoms with Crippen molar-refractivity contribution in [3.63, 3.8) is 0 Å². The van der Waals surface area contributed by atoms with E-state index >= 15 is 0 Å². The minimum Gasteiger partial charge on any atom is -0.453 e. The number of nitrogens with one attached hydrogen (secondary N) is 2. The van der Waals surface area contributed by atoms with Crippen molar-refractivity contribution in [3.8, 4) is 0 Å². The van der Waals surface area contributed by atoms with E-state index in [0.717, 1.165) is 17.9 Å². The van der Waals surface area contributed by atoms with Gasteiger partial charge in [-0.1, -0.05) is 6.07 Å². The SMILES string of the molecule is CCN(C)c1cccc(NC(=O)CCNC(=O)OC)c1. The van der Waals surface area contributed by atoms with Gasteiger partial charge in [-0.15, -0.1) is 0 Å². The molecule has 0 saturated carbocycles. The first-order valence-electron chi connectivity index (χ1n) is 6.49. The normalized spacial score (nSPS) is 9.75. The summed E-state index contributed by atoms with van der Waals surface area (Å²) in [6.45, 7) is 3.19. The molecule has 0 saturated heterocycles. The Morgan fingerprint density at radius 3 is 2.75 bits per heavy atom. The smallest absolute Gasteiger partial charge is 0.406 e. The molecule has 6 heteroatoms. The highest BCUT2D eigenvalue weighted by molar-refractivity contribution is 5.91. The molecule has 0 aliphatic carbocycles. The van der Waals surface area contributed by atoms with Crippen LogP contribution in [0.5, 0.6) is 0 Å². The number of carbonyl (C=O) groups is 2. The molecule has 6 nitrogen and oxygen atoms in total. The van der Waals surface area contributed by atoms with Gasteiger partial charge in [-0.3, -0.25) is 4.79 Å². The molecule has 0 aliphatic rings. The van der Waals surface area contributed by atoms with E-state index < -0.39 is 6.09 Å². The number of anilines is 2. The van der Waals surface area contributed by atoms with E-state index in [1.165, 1.54) is 7.11 Å². The maximum absolute atomic E-state index is 11.7. The molecule has 0 radical (unpaired) electrons. The van der Waals surface area contributed by atoms with Crippen molar-refractivity contribution >= 4 is 23.4 Å². The second-order valence-electron chi connectivity index (χ2n) is 4.28. The minimum absolute atomic E-state index is 0.155. The number of alkyl carbamates (subject to hydrolysis) is 1. The number of nitrogens with zero attached hydrogens (tertiary/aromatic N) is 1. The van der Waals surface area contributed by atoms with Crippen LogP contribution in [-0.4, -0.2) is 39.2 Å². The predicted octanol–water partition coefficient (Wildman–Crippen LogP) is 1.83. The van der Waals surface area contributed by atoms with Crippen LogP contribution in [-0.2, 0) is 9.53 Å². The van der Waals surface area contributed by atoms with Crippen LogP contribution in [0, 0.1) is 0 Å². The number of ether oxygens (including phenoxy) is 1. The van der Waals surface area contributed by atoms with Crippen molar-refractivity contribution in [1.82, 2.24) is 5.32 Å². The van der Waals surface area contributed by atoms with E-state index in [0.29, 0.717) is 0 Å². The number of amides is 2. The van der Waals surface area contributed by atoms with Gasteiger partial charge in [0.05, 0.1) is 7.11 Å². The third kappa shape index (κ3) is 5.17. The summed E-state index contributed by atoms with van der Waals surface area (Å²) >= 11 is 0. The molecule has 0 aromatic heterocycles. The van der Waals surface area contributed by atoms with Crippen LogP contribution in [0.25, 0.3) is 0 Å². The van der Waals surface area contributed by atoms with Gasteiger partial charge in [-0.2, -0.15) is 0 Å². The van der Waals surface area contributed by atoms with Crippen molar-refractivity contribution in [2.45, 2.75) is 13.3 Å². The fourth-order valence-corrected chi connectivity index (χ4v) is 1.58.